The zero-order chi connectivity index (χ0) is 26.7. The maximum Gasteiger partial charge on any atom is 0.163 e. The van der Waals surface area contributed by atoms with Gasteiger partial charge in [0, 0.05) is 36.1 Å². The fourth-order valence-electron chi connectivity index (χ4n) is 4.54. The highest BCUT2D eigenvalue weighted by molar-refractivity contribution is 5.61. The third kappa shape index (κ3) is 7.47. The average Bonchev–Trinajstić information content (AvgIpc) is 3.36. The molecule has 4 aromatic rings. The van der Waals surface area contributed by atoms with E-state index in [4.69, 9.17) is 4.98 Å². The number of benzene rings is 1. The molecule has 3 N–H and O–H groups in total. The van der Waals surface area contributed by atoms with Gasteiger partial charge < -0.3 is 15.7 Å². The molecule has 8 nitrogen and oxygen atoms in total. The fraction of sp³-hybridized carbons (Fsp3) is 0.448. The van der Waals surface area contributed by atoms with Crippen molar-refractivity contribution in [2.45, 2.75) is 77.3 Å². The monoisotopic (exact) mass is 519 g/mol. The van der Waals surface area contributed by atoms with Gasteiger partial charge >= 0.3 is 0 Å². The number of fused-ring (bicyclic) bond motifs is 1. The third-order valence-electron chi connectivity index (χ3n) is 6.74. The predicted octanol–water partition coefficient (Wildman–Crippen LogP) is 5.75. The molecule has 202 valence electrons. The predicted molar refractivity (Wildman–Crippen MR) is 149 cm³/mol. The normalized spacial score (nSPS) is 12.2. The van der Waals surface area contributed by atoms with Gasteiger partial charge in [-0.2, -0.15) is 9.61 Å². The number of aromatic nitrogens is 5. The summed E-state index contributed by atoms with van der Waals surface area (Å²) in [5.74, 6) is 1.38. The summed E-state index contributed by atoms with van der Waals surface area (Å²) in [6, 6.07) is 8.51. The Morgan fingerprint density at radius 2 is 1.76 bits per heavy atom. The van der Waals surface area contributed by atoms with E-state index in [0.717, 1.165) is 49.7 Å². The van der Waals surface area contributed by atoms with Crippen LogP contribution in [0.25, 0.3) is 5.65 Å². The first kappa shape index (κ1) is 27.4. The number of rotatable bonds is 15. The van der Waals surface area contributed by atoms with E-state index in [1.165, 1.54) is 18.1 Å². The van der Waals surface area contributed by atoms with Crippen molar-refractivity contribution in [2.24, 2.45) is 0 Å². The Kier molecular flexibility index (Phi) is 9.97. The number of aryl methyl sites for hydroxylation is 1. The Hall–Kier alpha value is -3.59. The van der Waals surface area contributed by atoms with Crippen LogP contribution < -0.4 is 10.6 Å². The van der Waals surface area contributed by atoms with Gasteiger partial charge in [-0.05, 0) is 36.8 Å². The second-order valence-electron chi connectivity index (χ2n) is 10.0. The van der Waals surface area contributed by atoms with E-state index in [1.807, 2.05) is 30.7 Å². The summed E-state index contributed by atoms with van der Waals surface area (Å²) in [5.41, 5.74) is 3.54. The van der Waals surface area contributed by atoms with E-state index in [9.17, 15) is 9.50 Å². The average molecular weight is 520 g/mol. The molecule has 0 bridgehead atoms. The molecule has 0 amide bonds. The number of hydrogen-bond donors (Lipinski definition) is 3. The van der Waals surface area contributed by atoms with Crippen LogP contribution in [0.1, 0.15) is 75.0 Å². The van der Waals surface area contributed by atoms with Crippen LogP contribution in [0.15, 0.2) is 55.2 Å². The van der Waals surface area contributed by atoms with Crippen LogP contribution in [0.5, 0.6) is 0 Å². The van der Waals surface area contributed by atoms with Gasteiger partial charge in [-0.1, -0.05) is 57.7 Å². The summed E-state index contributed by atoms with van der Waals surface area (Å²) in [6.45, 7) is 4.56. The Labute approximate surface area is 223 Å². The Balaban J connectivity index is 1.35. The summed E-state index contributed by atoms with van der Waals surface area (Å²) >= 11 is 0. The van der Waals surface area contributed by atoms with Gasteiger partial charge in [-0.25, -0.2) is 19.3 Å². The van der Waals surface area contributed by atoms with Crippen molar-refractivity contribution in [1.82, 2.24) is 24.6 Å². The molecule has 0 radical (unpaired) electrons. The second kappa shape index (κ2) is 13.8. The van der Waals surface area contributed by atoms with Crippen molar-refractivity contribution in [3.63, 3.8) is 0 Å². The zero-order valence-electron chi connectivity index (χ0n) is 22.3. The standard InChI is InChI=1S/C29H38FN7O/c1-21(2)25-18-34-37-28(33-17-23-11-8-9-13-26(23)30)14-27(36-29(25)37)35-24(19-38)12-7-5-3-4-6-10-22-15-31-20-32-16-22/h8-9,11,13-16,18,20-21,24,33,38H,3-7,10,12,17,19H2,1-2H3,(H,35,36)/t24-/m1/s1. The number of hydrogen-bond acceptors (Lipinski definition) is 7. The summed E-state index contributed by atoms with van der Waals surface area (Å²) in [6.07, 6.45) is 14.6. The summed E-state index contributed by atoms with van der Waals surface area (Å²) in [7, 11) is 0. The van der Waals surface area contributed by atoms with Crippen molar-refractivity contribution < 1.29 is 9.50 Å². The smallest absolute Gasteiger partial charge is 0.163 e. The molecule has 3 heterocycles. The first-order valence-corrected chi connectivity index (χ1v) is 13.5. The quantitative estimate of drug-likeness (QED) is 0.172. The van der Waals surface area contributed by atoms with Crippen molar-refractivity contribution in [3.05, 3.63) is 77.8 Å². The zero-order valence-corrected chi connectivity index (χ0v) is 22.3. The Bertz CT molecular complexity index is 1280. The van der Waals surface area contributed by atoms with E-state index < -0.39 is 0 Å². The highest BCUT2D eigenvalue weighted by atomic mass is 19.1. The van der Waals surface area contributed by atoms with Gasteiger partial charge in [0.15, 0.2) is 5.65 Å². The van der Waals surface area contributed by atoms with Crippen molar-refractivity contribution in [2.75, 3.05) is 17.2 Å². The van der Waals surface area contributed by atoms with E-state index in [2.05, 4.69) is 39.5 Å². The molecule has 3 aromatic heterocycles. The van der Waals surface area contributed by atoms with Gasteiger partial charge in [0.1, 0.15) is 23.8 Å². The topological polar surface area (TPSA) is 100 Å². The van der Waals surface area contributed by atoms with Crippen molar-refractivity contribution in [3.8, 4) is 0 Å². The maximum atomic E-state index is 14.2. The molecule has 0 fully saturated rings. The molecule has 0 saturated heterocycles. The van der Waals surface area contributed by atoms with Crippen molar-refractivity contribution >= 4 is 17.3 Å². The molecule has 0 aliphatic rings. The minimum atomic E-state index is -0.249. The van der Waals surface area contributed by atoms with Crippen LogP contribution in [0.2, 0.25) is 0 Å². The van der Waals surface area contributed by atoms with Crippen LogP contribution in [-0.2, 0) is 13.0 Å². The molecular formula is C29H38FN7O. The van der Waals surface area contributed by atoms with Crippen LogP contribution in [-0.4, -0.2) is 42.3 Å². The lowest BCUT2D eigenvalue weighted by molar-refractivity contribution is 0.266. The van der Waals surface area contributed by atoms with E-state index >= 15 is 0 Å². The molecule has 4 rings (SSSR count). The molecule has 0 saturated carbocycles. The lowest BCUT2D eigenvalue weighted by atomic mass is 10.0. The lowest BCUT2D eigenvalue weighted by Crippen LogP contribution is -2.24. The van der Waals surface area contributed by atoms with Gasteiger partial charge in [0.05, 0.1) is 18.8 Å². The van der Waals surface area contributed by atoms with Crippen LogP contribution in [0.3, 0.4) is 0 Å². The number of anilines is 2. The number of halogens is 1. The number of unbranched alkanes of at least 4 members (excludes halogenated alkanes) is 4. The Morgan fingerprint density at radius 3 is 2.53 bits per heavy atom. The maximum absolute atomic E-state index is 14.2. The van der Waals surface area contributed by atoms with Crippen LogP contribution >= 0.6 is 0 Å². The molecular weight excluding hydrogens is 481 g/mol. The fourth-order valence-corrected chi connectivity index (χ4v) is 4.54. The minimum absolute atomic E-state index is 0.0230. The molecule has 0 aliphatic heterocycles. The summed E-state index contributed by atoms with van der Waals surface area (Å²) in [5, 5.41) is 21.3. The highest BCUT2D eigenvalue weighted by Gasteiger charge is 2.16. The molecule has 9 heteroatoms. The van der Waals surface area contributed by atoms with Gasteiger partial charge in [-0.3, -0.25) is 0 Å². The van der Waals surface area contributed by atoms with Gasteiger partial charge in [0.2, 0.25) is 0 Å². The largest absolute Gasteiger partial charge is 0.394 e. The number of nitrogens with one attached hydrogen (secondary N) is 2. The first-order chi connectivity index (χ1) is 18.5. The minimum Gasteiger partial charge on any atom is -0.394 e. The number of nitrogens with zero attached hydrogens (tertiary/aromatic N) is 5. The van der Waals surface area contributed by atoms with E-state index in [1.54, 1.807) is 23.0 Å². The number of aliphatic hydroxyl groups is 1. The SMILES string of the molecule is CC(C)c1cnn2c(NCc3ccccc3F)cc(N[C@@H](CO)CCCCCCCc3cncnc3)nc12. The lowest BCUT2D eigenvalue weighted by Gasteiger charge is -2.19. The van der Waals surface area contributed by atoms with Gasteiger partial charge in [-0.15, -0.1) is 0 Å². The van der Waals surface area contributed by atoms with Crippen molar-refractivity contribution in [1.29, 1.82) is 0 Å². The summed E-state index contributed by atoms with van der Waals surface area (Å²) < 4.78 is 15.9. The molecule has 0 unspecified atom stereocenters. The van der Waals surface area contributed by atoms with E-state index in [0.29, 0.717) is 23.7 Å². The molecule has 0 spiro atoms. The first-order valence-electron chi connectivity index (χ1n) is 13.5. The molecule has 38 heavy (non-hydrogen) atoms. The highest BCUT2D eigenvalue weighted by Crippen LogP contribution is 2.25. The van der Waals surface area contributed by atoms with Crippen LogP contribution in [0, 0.1) is 5.82 Å². The van der Waals surface area contributed by atoms with Gasteiger partial charge in [0.25, 0.3) is 0 Å². The molecule has 0 aliphatic carbocycles. The molecule has 1 aromatic carbocycles. The number of aliphatic hydroxyl groups excluding tert-OH is 1. The second-order valence-corrected chi connectivity index (χ2v) is 10.0. The Morgan fingerprint density at radius 1 is 1.00 bits per heavy atom. The summed E-state index contributed by atoms with van der Waals surface area (Å²) in [4.78, 5) is 13.0. The molecule has 1 atom stereocenters. The third-order valence-corrected chi connectivity index (χ3v) is 6.74. The van der Waals surface area contributed by atoms with Crippen LogP contribution in [0.4, 0.5) is 16.0 Å². The van der Waals surface area contributed by atoms with E-state index in [-0.39, 0.29) is 24.4 Å².